The summed E-state index contributed by atoms with van der Waals surface area (Å²) in [6, 6.07) is 0. The minimum absolute atomic E-state index is 0.00258. The standard InChI is InChI=1S/8C12H18N2O2.C7H12N2.C6H10O2/c8*1-4-11-9(7-16-12(11)15)5-10-6-13-8(2)14(10)3;1-4-7-5-8-6(2)9(7)3;1-2-5-3-4-8-6(5)7/h8*6,9,11H,4-5,7H2,1-3H3;5H,4H2,1-3H3;5H,2-4H2,1H3/t8*9-,11-;;5-/m00000000.0/s1/i1D3,4D2,6D,7D2,11D;1D3,3D3,4D2,6D,11D;1D3,6D,9D,11D;1D3,6D,7D2,11D;1D3,3D3,6D,11D;1D3,6D,9D;1D3,6D,7D2;1D3,3D3,6D;5D;1D3,3D,5D/t8m;;3-,5+/m00000000.1. The summed E-state index contributed by atoms with van der Waals surface area (Å²) in [7, 11) is 10.2. The molecule has 0 aromatic carbocycles. The molecule has 36 heteroatoms. The maximum Gasteiger partial charge on any atom is 0.309 e. The highest BCUT2D eigenvalue weighted by molar-refractivity contribution is 5.78. The van der Waals surface area contributed by atoms with Crippen LogP contribution < -0.4 is 0 Å². The van der Waals surface area contributed by atoms with Crippen LogP contribution in [0.1, 0.15) is 324 Å². The van der Waals surface area contributed by atoms with E-state index in [1.807, 2.05) is 25.5 Å². The van der Waals surface area contributed by atoms with Crippen LogP contribution in [-0.4, -0.2) is 199 Å². The Morgan fingerprint density at radius 1 is 0.290 bits per heavy atom. The summed E-state index contributed by atoms with van der Waals surface area (Å²) in [5.74, 6) is -31.9. The van der Waals surface area contributed by atoms with Gasteiger partial charge in [-0.25, -0.2) is 44.9 Å². The van der Waals surface area contributed by atoms with Crippen molar-refractivity contribution >= 4 is 53.7 Å². The summed E-state index contributed by atoms with van der Waals surface area (Å²) >= 11 is 0. The number of ether oxygens (including phenoxy) is 9. The van der Waals surface area contributed by atoms with Gasteiger partial charge in [0.1, 0.15) is 52.4 Å². The predicted molar refractivity (Wildman–Crippen MR) is 546 cm³/mol. The van der Waals surface area contributed by atoms with Crippen molar-refractivity contribution in [2.75, 3.05) is 59.3 Å². The summed E-state index contributed by atoms with van der Waals surface area (Å²) in [4.78, 5) is 142. The first kappa shape index (κ1) is 55.2. The number of carbonyl (C=O) groups excluding carboxylic acids is 9. The van der Waals surface area contributed by atoms with Crippen molar-refractivity contribution in [2.24, 2.45) is 164 Å². The topological polar surface area (TPSA) is 397 Å². The van der Waals surface area contributed by atoms with Gasteiger partial charge in [-0.05, 0) is 184 Å². The summed E-state index contributed by atoms with van der Waals surface area (Å²) in [6.45, 7) is -23.4. The zero-order chi connectivity index (χ0) is 162. The Kier molecular flexibility index (Phi) is 21.2. The van der Waals surface area contributed by atoms with Gasteiger partial charge in [0.15, 0.2) is 0 Å². The monoisotopic (exact) mass is 2080 g/mol. The molecule has 36 nitrogen and oxygen atoms in total. The number of rotatable bonds is 26. The minimum atomic E-state index is -3.36. The third kappa shape index (κ3) is 30.4. The average Bonchev–Trinajstić information content (AvgIpc) is 1.55. The fourth-order valence-corrected chi connectivity index (χ4v) is 15.0. The molecule has 0 spiro atoms. The number of carbonyl (C=O) groups is 9. The zero-order valence-corrected chi connectivity index (χ0v) is 83.2. The largest absolute Gasteiger partial charge is 0.465 e. The lowest BCUT2D eigenvalue weighted by Gasteiger charge is -2.13. The van der Waals surface area contributed by atoms with Crippen molar-refractivity contribution in [1.29, 1.82) is 0 Å². The number of hydrogen-bond acceptors (Lipinski definition) is 27. The van der Waals surface area contributed by atoms with Gasteiger partial charge in [-0.15, -0.1) is 0 Å². The fourth-order valence-electron chi connectivity index (χ4n) is 15.0. The average molecular weight is 2080 g/mol. The molecule has 800 valence electrons. The molecule has 9 aliphatic rings. The molecule has 0 bridgehead atoms. The number of cyclic esters (lactones) is 9. The van der Waals surface area contributed by atoms with E-state index < -0.39 is 333 Å². The maximum atomic E-state index is 12.2. The Balaban J connectivity index is 0.000000252. The van der Waals surface area contributed by atoms with Crippen LogP contribution >= 0.6 is 0 Å². The number of imidazole rings is 9. The van der Waals surface area contributed by atoms with Crippen molar-refractivity contribution in [3.63, 3.8) is 0 Å². The van der Waals surface area contributed by atoms with Crippen molar-refractivity contribution in [2.45, 2.75) is 253 Å². The van der Waals surface area contributed by atoms with Gasteiger partial charge in [-0.2, -0.15) is 0 Å². The van der Waals surface area contributed by atoms with E-state index >= 15 is 0 Å². The fraction of sp³-hybridized carbons (Fsp3) is 0.670. The van der Waals surface area contributed by atoms with Crippen molar-refractivity contribution in [1.82, 2.24) is 86.0 Å². The molecule has 9 fully saturated rings. The molecule has 0 radical (unpaired) electrons. The van der Waals surface area contributed by atoms with Crippen LogP contribution in [0.5, 0.6) is 0 Å². The number of aromatic nitrogens is 18. The second-order valence-electron chi connectivity index (χ2n) is 34.0. The lowest BCUT2D eigenvalue weighted by atomic mass is 9.89. The van der Waals surface area contributed by atoms with Crippen molar-refractivity contribution < 1.29 is 174 Å². The molecule has 9 saturated heterocycles. The van der Waals surface area contributed by atoms with Crippen LogP contribution in [-0.2, 0) is 207 Å². The summed E-state index contributed by atoms with van der Waals surface area (Å²) in [6.07, 6.45) is -12.8. The molecule has 0 amide bonds. The van der Waals surface area contributed by atoms with E-state index in [1.54, 1.807) is 88.1 Å². The molecule has 9 aliphatic heterocycles. The Hall–Kier alpha value is -11.9. The van der Waals surface area contributed by atoms with Gasteiger partial charge in [-0.3, -0.25) is 43.2 Å². The van der Waals surface area contributed by atoms with E-state index in [2.05, 4.69) is 59.1 Å². The number of esters is 9. The summed E-state index contributed by atoms with van der Waals surface area (Å²) in [5, 5.41) is 0. The van der Waals surface area contributed by atoms with E-state index in [-0.39, 0.29) is 168 Å². The highest BCUT2D eigenvalue weighted by Crippen LogP contribution is 2.37. The van der Waals surface area contributed by atoms with Crippen molar-refractivity contribution in [3.8, 4) is 0 Å². The highest BCUT2D eigenvalue weighted by atomic mass is 16.6. The molecule has 145 heavy (non-hydrogen) atoms. The Morgan fingerprint density at radius 3 is 0.972 bits per heavy atom. The second-order valence-corrected chi connectivity index (χ2v) is 34.0. The van der Waals surface area contributed by atoms with Crippen LogP contribution in [0.25, 0.3) is 0 Å². The maximum absolute atomic E-state index is 12.2. The first-order valence-electron chi connectivity index (χ1n) is 77.6. The van der Waals surface area contributed by atoms with Gasteiger partial charge >= 0.3 is 53.7 Å². The van der Waals surface area contributed by atoms with E-state index in [0.717, 1.165) is 31.6 Å². The molecular weight excluding hydrogens is 1850 g/mol. The molecule has 18 rings (SSSR count). The van der Waals surface area contributed by atoms with Gasteiger partial charge in [0.05, 0.1) is 133 Å². The molecule has 18 heterocycles. The third-order valence-corrected chi connectivity index (χ3v) is 25.1. The number of nitrogens with zero attached hydrogens (tertiary/aromatic N) is 18. The van der Waals surface area contributed by atoms with Crippen molar-refractivity contribution in [3.05, 3.63) is 159 Å². The molecule has 0 unspecified atom stereocenters. The molecular formula is C109H166N18O18. The van der Waals surface area contributed by atoms with E-state index in [4.69, 9.17) is 116 Å². The number of hydrogen-bond donors (Lipinski definition) is 0. The van der Waals surface area contributed by atoms with E-state index in [1.165, 1.54) is 25.3 Å². The lowest BCUT2D eigenvalue weighted by Crippen LogP contribution is -2.18. The summed E-state index contributed by atoms with van der Waals surface area (Å²) < 4.78 is 542. The van der Waals surface area contributed by atoms with E-state index in [9.17, 15) is 43.2 Å². The quantitative estimate of drug-likeness (QED) is 0.0359. The van der Waals surface area contributed by atoms with E-state index in [0.29, 0.717) is 58.1 Å². The molecule has 0 N–H and O–H groups in total. The lowest BCUT2D eigenvalue weighted by molar-refractivity contribution is -0.142. The number of aryl methyl sites for hydroxylation is 9. The first-order chi connectivity index (χ1) is 93.8. The van der Waals surface area contributed by atoms with Crippen LogP contribution in [0, 0.1) is 163 Å². The SMILES string of the molecule is [2H][C@@H]1COC(=O)[C@@]1([2H])CC([2H])([2H])[2H].[2H]c1nc(C)n(C([2H])([2H])[2H])c1C[C@H]1COC(=O)[C@@]1([2H])C([2H])([2H])C([2H])([2H])[2H].[2H]c1nc(C)n(C([2H])([2H])[2H])c1C[C@H]1COC(=O)[C@@]1([2H])CC([2H])([2H])[2H].[2H]c1nc(C)n(C([2H])([2H])[2H])c1C[C@H]1COC(=O)[C@H]1CC([2H])([2H])[2H].[2H]c1nc(C)n(C)c1CC.[2H]c1nc(C)n(C)c1C[C@@H]1[C@H](CC([2H])([2H])[2H])C(=O)OC1([2H])[2H].[2H]c1nc(C)n(C)c1C[C@@]1([2H])COC(=O)[C@@]1([2H])CC([2H])([2H])[2H].[2H]c1nc(C)n(C)c1C[C@@]1([2H])COC(=O)[C@H]1CC([2H])([2H])[2H].[2H]c1nc(C)n(C)c1C[C@H]1C([2H])([2H])OC(=O)[C@@]1([2H])C([2H])([2H])C([2H])([2H])[2H].[2H]c1nc(C)n(C)c1C[C@H]1C([2H])([2H])OC(=O)[C@@]1([2H])CC([2H])([2H])[2H]. The Bertz CT molecular complexity index is 8790. The van der Waals surface area contributed by atoms with Gasteiger partial charge in [0.25, 0.3) is 0 Å². The minimum Gasteiger partial charge on any atom is -0.465 e. The Morgan fingerprint density at radius 2 is 0.566 bits per heavy atom. The molecule has 0 aliphatic carbocycles. The van der Waals surface area contributed by atoms with Crippen LogP contribution in [0.4, 0.5) is 0 Å². The van der Waals surface area contributed by atoms with Gasteiger partial charge in [0.2, 0.25) is 0 Å². The van der Waals surface area contributed by atoms with Gasteiger partial charge < -0.3 is 83.7 Å². The zero-order valence-electron chi connectivity index (χ0n) is 147. The second kappa shape index (κ2) is 55.6. The normalized spacial score (nSPS) is 37.4. The highest BCUT2D eigenvalue weighted by Gasteiger charge is 2.43. The molecule has 0 saturated carbocycles. The van der Waals surface area contributed by atoms with Gasteiger partial charge in [-0.1, -0.05) is 68.6 Å². The van der Waals surface area contributed by atoms with Crippen LogP contribution in [0.3, 0.4) is 0 Å². The third-order valence-electron chi connectivity index (χ3n) is 25.1. The molecule has 18 atom stereocenters. The molecule has 9 aromatic rings. The van der Waals surface area contributed by atoms with Crippen LogP contribution in [0.2, 0.25) is 0 Å². The van der Waals surface area contributed by atoms with Gasteiger partial charge in [0, 0.05) is 284 Å². The smallest absolute Gasteiger partial charge is 0.309 e. The summed E-state index contributed by atoms with van der Waals surface area (Å²) in [5.41, 5.74) is 2.92. The first-order valence-corrected chi connectivity index (χ1v) is 45.6. The molecule has 9 aromatic heterocycles. The predicted octanol–water partition coefficient (Wildman–Crippen LogP) is 14.0. The van der Waals surface area contributed by atoms with Crippen LogP contribution in [0.15, 0.2) is 55.6 Å². The Labute approximate surface area is 947 Å².